The van der Waals surface area contributed by atoms with Crippen molar-refractivity contribution in [2.75, 3.05) is 20.0 Å². The molecule has 4 aromatic heterocycles. The normalized spacial score (nSPS) is 11.4. The number of esters is 1. The lowest BCUT2D eigenvalue weighted by Crippen LogP contribution is -2.21. The summed E-state index contributed by atoms with van der Waals surface area (Å²) < 4.78 is 12.7. The zero-order valence-electron chi connectivity index (χ0n) is 15.9. The van der Waals surface area contributed by atoms with Crippen LogP contribution in [0.2, 0.25) is 0 Å². The fourth-order valence-electron chi connectivity index (χ4n) is 2.95. The zero-order valence-corrected chi connectivity index (χ0v) is 16.7. The van der Waals surface area contributed by atoms with Crippen LogP contribution in [-0.4, -0.2) is 60.3 Å². The van der Waals surface area contributed by atoms with Crippen molar-refractivity contribution in [2.45, 2.75) is 18.6 Å². The molecule has 4 rings (SSSR count). The monoisotopic (exact) mass is 415 g/mol. The van der Waals surface area contributed by atoms with Gasteiger partial charge in [-0.1, -0.05) is 6.92 Å². The number of aromatic amines is 1. The number of carbonyl (C=O) groups is 1. The van der Waals surface area contributed by atoms with Gasteiger partial charge in [-0.2, -0.15) is 14.6 Å². The van der Waals surface area contributed by atoms with E-state index in [9.17, 15) is 9.59 Å². The van der Waals surface area contributed by atoms with Gasteiger partial charge in [0.1, 0.15) is 17.2 Å². The van der Waals surface area contributed by atoms with Gasteiger partial charge in [0.15, 0.2) is 11.6 Å². The average Bonchev–Trinajstić information content (AvgIpc) is 3.32. The number of fused-ring (bicyclic) bond motifs is 3. The highest BCUT2D eigenvalue weighted by molar-refractivity contribution is 7.99. The predicted molar refractivity (Wildman–Crippen MR) is 104 cm³/mol. The maximum absolute atomic E-state index is 13.2. The summed E-state index contributed by atoms with van der Waals surface area (Å²) in [6.07, 6.45) is 2.98. The van der Waals surface area contributed by atoms with E-state index in [0.717, 1.165) is 0 Å². The first-order chi connectivity index (χ1) is 14.1. The van der Waals surface area contributed by atoms with Gasteiger partial charge >= 0.3 is 5.97 Å². The molecule has 0 saturated heterocycles. The Bertz CT molecular complexity index is 1280. The Kier molecular flexibility index (Phi) is 5.03. The quantitative estimate of drug-likeness (QED) is 0.365. The SMILES string of the molecule is CCSc1n[nH]c(-n2ccc3c(cnc4nc(COC)nn43)c2=O)c1C(=O)OC. The second-order valence-corrected chi connectivity index (χ2v) is 7.15. The number of methoxy groups -OCH3 is 2. The first kappa shape index (κ1) is 19.1. The fraction of sp³-hybridized carbons (Fsp3) is 0.294. The summed E-state index contributed by atoms with van der Waals surface area (Å²) in [7, 11) is 2.83. The molecule has 0 atom stereocenters. The van der Waals surface area contributed by atoms with E-state index in [2.05, 4.69) is 25.3 Å². The number of nitrogens with zero attached hydrogens (tertiary/aromatic N) is 6. The van der Waals surface area contributed by atoms with Crippen molar-refractivity contribution in [3.63, 3.8) is 0 Å². The van der Waals surface area contributed by atoms with Crippen molar-refractivity contribution in [3.05, 3.63) is 40.2 Å². The largest absolute Gasteiger partial charge is 0.465 e. The highest BCUT2D eigenvalue weighted by Crippen LogP contribution is 2.25. The number of thioether (sulfide) groups is 1. The topological polar surface area (TPSA) is 129 Å². The molecule has 0 bridgehead atoms. The molecule has 4 heterocycles. The number of H-pyrrole nitrogens is 1. The zero-order chi connectivity index (χ0) is 20.5. The first-order valence-electron chi connectivity index (χ1n) is 8.63. The molecule has 0 aliphatic heterocycles. The van der Waals surface area contributed by atoms with Crippen LogP contribution in [0.15, 0.2) is 28.3 Å². The number of nitrogens with one attached hydrogen (secondary N) is 1. The molecule has 0 aliphatic carbocycles. The van der Waals surface area contributed by atoms with Gasteiger partial charge in [0.05, 0.1) is 18.0 Å². The molecule has 11 nitrogen and oxygen atoms in total. The number of hydrogen-bond donors (Lipinski definition) is 1. The van der Waals surface area contributed by atoms with Crippen LogP contribution in [0.3, 0.4) is 0 Å². The van der Waals surface area contributed by atoms with Crippen LogP contribution in [0, 0.1) is 0 Å². The molecule has 29 heavy (non-hydrogen) atoms. The summed E-state index contributed by atoms with van der Waals surface area (Å²) in [4.78, 5) is 34.0. The lowest BCUT2D eigenvalue weighted by atomic mass is 10.3. The van der Waals surface area contributed by atoms with E-state index in [4.69, 9.17) is 9.47 Å². The third-order valence-electron chi connectivity index (χ3n) is 4.18. The highest BCUT2D eigenvalue weighted by Gasteiger charge is 2.24. The molecule has 0 unspecified atom stereocenters. The summed E-state index contributed by atoms with van der Waals surface area (Å²) in [5.74, 6) is 1.18. The van der Waals surface area contributed by atoms with Gasteiger partial charge in [0, 0.05) is 19.5 Å². The van der Waals surface area contributed by atoms with E-state index in [1.54, 1.807) is 19.4 Å². The number of rotatable bonds is 6. The van der Waals surface area contributed by atoms with Gasteiger partial charge in [-0.05, 0) is 11.8 Å². The van der Waals surface area contributed by atoms with Crippen molar-refractivity contribution >= 4 is 34.4 Å². The highest BCUT2D eigenvalue weighted by atomic mass is 32.2. The van der Waals surface area contributed by atoms with Gasteiger partial charge in [-0.3, -0.25) is 14.5 Å². The van der Waals surface area contributed by atoms with Crippen LogP contribution >= 0.6 is 11.8 Å². The molecule has 0 aliphatic rings. The summed E-state index contributed by atoms with van der Waals surface area (Å²) in [5, 5.41) is 12.1. The van der Waals surface area contributed by atoms with Crippen LogP contribution in [0.1, 0.15) is 23.1 Å². The molecule has 12 heteroatoms. The second kappa shape index (κ2) is 7.64. The molecule has 0 aromatic carbocycles. The molecule has 0 saturated carbocycles. The Morgan fingerprint density at radius 1 is 1.34 bits per heavy atom. The van der Waals surface area contributed by atoms with Crippen LogP contribution in [0.25, 0.3) is 22.5 Å². The summed E-state index contributed by atoms with van der Waals surface area (Å²) in [6, 6.07) is 1.70. The minimum absolute atomic E-state index is 0.206. The number of hydrogen-bond acceptors (Lipinski definition) is 9. The Morgan fingerprint density at radius 3 is 2.90 bits per heavy atom. The molecule has 0 amide bonds. The van der Waals surface area contributed by atoms with E-state index >= 15 is 0 Å². The standard InChI is InChI=1S/C17H17N7O4S/c1-4-29-14-12(16(26)28-3)13(20-21-14)23-6-5-10-9(15(23)25)7-18-17-19-11(8-27-2)22-24(10)17/h5-7H,4,8H2,1-3H3,(H,20,21). The van der Waals surface area contributed by atoms with Crippen molar-refractivity contribution in [3.8, 4) is 5.82 Å². The van der Waals surface area contributed by atoms with Gasteiger partial charge < -0.3 is 9.47 Å². The van der Waals surface area contributed by atoms with E-state index in [1.807, 2.05) is 6.92 Å². The maximum atomic E-state index is 13.2. The van der Waals surface area contributed by atoms with E-state index in [-0.39, 0.29) is 23.5 Å². The molecule has 1 N–H and O–H groups in total. The number of aromatic nitrogens is 7. The Labute approximate surface area is 168 Å². The van der Waals surface area contributed by atoms with Crippen LogP contribution in [-0.2, 0) is 16.1 Å². The molecule has 4 aromatic rings. The Morgan fingerprint density at radius 2 is 2.17 bits per heavy atom. The Hall–Kier alpha value is -3.25. The third-order valence-corrected chi connectivity index (χ3v) is 5.03. The second-order valence-electron chi connectivity index (χ2n) is 5.90. The number of pyridine rings is 1. The molecule has 0 spiro atoms. The van der Waals surface area contributed by atoms with Gasteiger partial charge in [0.2, 0.25) is 0 Å². The fourth-order valence-corrected chi connectivity index (χ4v) is 3.65. The molecule has 150 valence electrons. The average molecular weight is 415 g/mol. The van der Waals surface area contributed by atoms with Crippen molar-refractivity contribution in [1.82, 2.24) is 34.3 Å². The summed E-state index contributed by atoms with van der Waals surface area (Å²) >= 11 is 1.37. The summed E-state index contributed by atoms with van der Waals surface area (Å²) in [5.41, 5.74) is 0.355. The molecular weight excluding hydrogens is 398 g/mol. The maximum Gasteiger partial charge on any atom is 0.344 e. The predicted octanol–water partition coefficient (Wildman–Crippen LogP) is 1.20. The van der Waals surface area contributed by atoms with E-state index < -0.39 is 5.97 Å². The van der Waals surface area contributed by atoms with Gasteiger partial charge in [-0.25, -0.2) is 9.78 Å². The summed E-state index contributed by atoms with van der Waals surface area (Å²) in [6.45, 7) is 2.17. The lowest BCUT2D eigenvalue weighted by Gasteiger charge is -2.08. The van der Waals surface area contributed by atoms with E-state index in [0.29, 0.717) is 33.3 Å². The van der Waals surface area contributed by atoms with Crippen molar-refractivity contribution in [2.24, 2.45) is 0 Å². The molecule has 0 fully saturated rings. The third kappa shape index (κ3) is 3.15. The molecular formula is C17H17N7O4S. The van der Waals surface area contributed by atoms with Crippen molar-refractivity contribution < 1.29 is 14.3 Å². The van der Waals surface area contributed by atoms with Crippen LogP contribution in [0.4, 0.5) is 0 Å². The smallest absolute Gasteiger partial charge is 0.344 e. The van der Waals surface area contributed by atoms with Crippen LogP contribution in [0.5, 0.6) is 0 Å². The lowest BCUT2D eigenvalue weighted by molar-refractivity contribution is 0.0597. The first-order valence-corrected chi connectivity index (χ1v) is 9.62. The minimum Gasteiger partial charge on any atom is -0.465 e. The van der Waals surface area contributed by atoms with E-state index in [1.165, 1.54) is 34.2 Å². The van der Waals surface area contributed by atoms with Gasteiger partial charge in [0.25, 0.3) is 11.3 Å². The molecule has 0 radical (unpaired) electrons. The number of carbonyl (C=O) groups excluding carboxylic acids is 1. The number of ether oxygens (including phenoxy) is 2. The van der Waals surface area contributed by atoms with Crippen LogP contribution < -0.4 is 5.56 Å². The van der Waals surface area contributed by atoms with Crippen molar-refractivity contribution in [1.29, 1.82) is 0 Å². The minimum atomic E-state index is -0.578. The van der Waals surface area contributed by atoms with Gasteiger partial charge in [-0.15, -0.1) is 16.9 Å². The Balaban J connectivity index is 1.92.